The topological polar surface area (TPSA) is 85.9 Å². The number of amides is 1. The van der Waals surface area contributed by atoms with Crippen LogP contribution < -0.4 is 5.43 Å². The SMILES string of the molecule is CC(C)Sc1nc2ccc(C(=O)N/N=C\c3c[nH]c4ccccc34)cc2[nH]1. The van der Waals surface area contributed by atoms with Crippen molar-refractivity contribution >= 4 is 45.8 Å². The van der Waals surface area contributed by atoms with Crippen molar-refractivity contribution in [1.29, 1.82) is 0 Å². The molecule has 2 aromatic heterocycles. The molecular weight excluding hydrogens is 358 g/mol. The molecule has 4 rings (SSSR count). The number of carbonyl (C=O) groups is 1. The maximum atomic E-state index is 12.4. The molecule has 0 saturated heterocycles. The van der Waals surface area contributed by atoms with Crippen molar-refractivity contribution in [3.05, 3.63) is 59.8 Å². The molecular formula is C20H19N5OS. The number of H-pyrrole nitrogens is 2. The van der Waals surface area contributed by atoms with Crippen LogP contribution in [0.1, 0.15) is 29.8 Å². The van der Waals surface area contributed by atoms with E-state index in [1.807, 2.05) is 36.5 Å². The third-order valence-electron chi connectivity index (χ3n) is 4.06. The molecule has 0 spiro atoms. The molecule has 0 aliphatic carbocycles. The highest BCUT2D eigenvalue weighted by atomic mass is 32.2. The number of carbonyl (C=O) groups excluding carboxylic acids is 1. The Hall–Kier alpha value is -3.06. The number of aromatic nitrogens is 3. The lowest BCUT2D eigenvalue weighted by atomic mass is 10.2. The molecule has 2 heterocycles. The van der Waals surface area contributed by atoms with E-state index in [0.29, 0.717) is 10.8 Å². The molecule has 0 fully saturated rings. The van der Waals surface area contributed by atoms with E-state index in [4.69, 9.17) is 0 Å². The fourth-order valence-electron chi connectivity index (χ4n) is 2.83. The second-order valence-corrected chi connectivity index (χ2v) is 7.99. The standard InChI is InChI=1S/C20H19N5OS/c1-12(2)27-20-23-17-8-7-13(9-18(17)24-20)19(26)25-22-11-14-10-21-16-6-4-3-5-15(14)16/h3-12,21H,1-2H3,(H,23,24)(H,25,26)/b22-11-. The minimum absolute atomic E-state index is 0.263. The molecule has 0 atom stereocenters. The van der Waals surface area contributed by atoms with Gasteiger partial charge in [0.2, 0.25) is 0 Å². The summed E-state index contributed by atoms with van der Waals surface area (Å²) in [6.07, 6.45) is 3.51. The molecule has 0 unspecified atom stereocenters. The zero-order chi connectivity index (χ0) is 18.8. The lowest BCUT2D eigenvalue weighted by Crippen LogP contribution is -2.17. The minimum Gasteiger partial charge on any atom is -0.361 e. The number of aromatic amines is 2. The summed E-state index contributed by atoms with van der Waals surface area (Å²) in [5.41, 5.74) is 6.75. The largest absolute Gasteiger partial charge is 0.361 e. The second-order valence-electron chi connectivity index (χ2n) is 6.43. The van der Waals surface area contributed by atoms with Crippen molar-refractivity contribution in [2.24, 2.45) is 5.10 Å². The van der Waals surface area contributed by atoms with Crippen LogP contribution in [0.2, 0.25) is 0 Å². The number of nitrogens with one attached hydrogen (secondary N) is 3. The Balaban J connectivity index is 1.49. The number of hydrogen-bond acceptors (Lipinski definition) is 4. The molecule has 0 bridgehead atoms. The first-order valence-electron chi connectivity index (χ1n) is 8.66. The van der Waals surface area contributed by atoms with Gasteiger partial charge in [-0.15, -0.1) is 0 Å². The van der Waals surface area contributed by atoms with E-state index < -0.39 is 0 Å². The summed E-state index contributed by atoms with van der Waals surface area (Å²) in [6.45, 7) is 4.23. The van der Waals surface area contributed by atoms with Gasteiger partial charge in [0.15, 0.2) is 5.16 Å². The van der Waals surface area contributed by atoms with E-state index in [0.717, 1.165) is 32.7 Å². The molecule has 0 aliphatic heterocycles. The number of benzene rings is 2. The van der Waals surface area contributed by atoms with E-state index in [-0.39, 0.29) is 5.91 Å². The highest BCUT2D eigenvalue weighted by Crippen LogP contribution is 2.23. The zero-order valence-electron chi connectivity index (χ0n) is 15.0. The van der Waals surface area contributed by atoms with E-state index in [2.05, 4.69) is 39.3 Å². The second kappa shape index (κ2) is 7.28. The molecule has 2 aromatic carbocycles. The Morgan fingerprint density at radius 2 is 2.07 bits per heavy atom. The van der Waals surface area contributed by atoms with Gasteiger partial charge in [-0.3, -0.25) is 4.79 Å². The molecule has 3 N–H and O–H groups in total. The molecule has 6 nitrogen and oxygen atoms in total. The van der Waals surface area contributed by atoms with Gasteiger partial charge >= 0.3 is 0 Å². The summed E-state index contributed by atoms with van der Waals surface area (Å²) in [5, 5.41) is 6.44. The van der Waals surface area contributed by atoms with Gasteiger partial charge < -0.3 is 9.97 Å². The van der Waals surface area contributed by atoms with Crippen LogP contribution in [0.4, 0.5) is 0 Å². The molecule has 7 heteroatoms. The van der Waals surface area contributed by atoms with Gasteiger partial charge in [0, 0.05) is 33.5 Å². The first-order chi connectivity index (χ1) is 13.1. The third-order valence-corrected chi connectivity index (χ3v) is 4.95. The lowest BCUT2D eigenvalue weighted by molar-refractivity contribution is 0.0955. The van der Waals surface area contributed by atoms with Crippen molar-refractivity contribution in [3.63, 3.8) is 0 Å². The molecule has 1 amide bonds. The van der Waals surface area contributed by atoms with Crippen molar-refractivity contribution in [3.8, 4) is 0 Å². The highest BCUT2D eigenvalue weighted by Gasteiger charge is 2.10. The number of thioether (sulfide) groups is 1. The number of hydrazone groups is 1. The van der Waals surface area contributed by atoms with Crippen LogP contribution in [0.15, 0.2) is 58.9 Å². The van der Waals surface area contributed by atoms with Gasteiger partial charge in [0.25, 0.3) is 5.91 Å². The van der Waals surface area contributed by atoms with Crippen LogP contribution in [0.5, 0.6) is 0 Å². The average Bonchev–Trinajstić information content (AvgIpc) is 3.24. The van der Waals surface area contributed by atoms with E-state index in [9.17, 15) is 4.79 Å². The summed E-state index contributed by atoms with van der Waals surface area (Å²) in [6, 6.07) is 13.3. The Morgan fingerprint density at radius 3 is 2.93 bits per heavy atom. The number of imidazole rings is 1. The lowest BCUT2D eigenvalue weighted by Gasteiger charge is -1.99. The van der Waals surface area contributed by atoms with Gasteiger partial charge in [0.05, 0.1) is 17.2 Å². The normalized spacial score (nSPS) is 11.8. The van der Waals surface area contributed by atoms with Crippen LogP contribution in [-0.2, 0) is 0 Å². The monoisotopic (exact) mass is 377 g/mol. The zero-order valence-corrected chi connectivity index (χ0v) is 15.8. The number of nitrogens with zero attached hydrogens (tertiary/aromatic N) is 2. The summed E-state index contributed by atoms with van der Waals surface area (Å²) in [7, 11) is 0. The Morgan fingerprint density at radius 1 is 1.22 bits per heavy atom. The van der Waals surface area contributed by atoms with Crippen molar-refractivity contribution in [2.45, 2.75) is 24.3 Å². The summed E-state index contributed by atoms with van der Waals surface area (Å²) >= 11 is 1.66. The fraction of sp³-hybridized carbons (Fsp3) is 0.150. The van der Waals surface area contributed by atoms with Crippen molar-refractivity contribution in [1.82, 2.24) is 20.4 Å². The summed E-state index contributed by atoms with van der Waals surface area (Å²) in [5.74, 6) is -0.263. The van der Waals surface area contributed by atoms with Gasteiger partial charge in [-0.25, -0.2) is 10.4 Å². The predicted octanol–water partition coefficient (Wildman–Crippen LogP) is 4.31. The predicted molar refractivity (Wildman–Crippen MR) is 110 cm³/mol. The summed E-state index contributed by atoms with van der Waals surface area (Å²) in [4.78, 5) is 23.3. The minimum atomic E-state index is -0.263. The van der Waals surface area contributed by atoms with Gasteiger partial charge in [-0.1, -0.05) is 43.8 Å². The molecule has 27 heavy (non-hydrogen) atoms. The van der Waals surface area contributed by atoms with Crippen LogP contribution >= 0.6 is 11.8 Å². The summed E-state index contributed by atoms with van der Waals surface area (Å²) < 4.78 is 0. The average molecular weight is 377 g/mol. The Labute approximate surface area is 160 Å². The van der Waals surface area contributed by atoms with Crippen LogP contribution in [0.25, 0.3) is 21.9 Å². The van der Waals surface area contributed by atoms with Gasteiger partial charge in [-0.2, -0.15) is 5.10 Å². The quantitative estimate of drug-likeness (QED) is 0.275. The van der Waals surface area contributed by atoms with Gasteiger partial charge in [0.1, 0.15) is 0 Å². The number of rotatable bonds is 5. The third kappa shape index (κ3) is 3.73. The first kappa shape index (κ1) is 17.4. The number of para-hydroxylation sites is 1. The van der Waals surface area contributed by atoms with Crippen molar-refractivity contribution < 1.29 is 4.79 Å². The maximum absolute atomic E-state index is 12.4. The molecule has 0 saturated carbocycles. The first-order valence-corrected chi connectivity index (χ1v) is 9.54. The smallest absolute Gasteiger partial charge is 0.271 e. The fourth-order valence-corrected chi connectivity index (χ4v) is 3.60. The Bertz CT molecular complexity index is 1140. The van der Waals surface area contributed by atoms with Gasteiger partial charge in [-0.05, 0) is 24.3 Å². The van der Waals surface area contributed by atoms with Crippen LogP contribution in [0, 0.1) is 0 Å². The molecule has 0 aliphatic rings. The van der Waals surface area contributed by atoms with Crippen molar-refractivity contribution in [2.75, 3.05) is 0 Å². The van der Waals surface area contributed by atoms with Crippen LogP contribution in [-0.4, -0.2) is 32.3 Å². The molecule has 0 radical (unpaired) electrons. The number of hydrogen-bond donors (Lipinski definition) is 3. The maximum Gasteiger partial charge on any atom is 0.271 e. The van der Waals surface area contributed by atoms with E-state index in [1.165, 1.54) is 0 Å². The molecule has 4 aromatic rings. The van der Waals surface area contributed by atoms with E-state index >= 15 is 0 Å². The van der Waals surface area contributed by atoms with Crippen LogP contribution in [0.3, 0.4) is 0 Å². The highest BCUT2D eigenvalue weighted by molar-refractivity contribution is 7.99. The number of fused-ring (bicyclic) bond motifs is 2. The van der Waals surface area contributed by atoms with E-state index in [1.54, 1.807) is 30.1 Å². The molecule has 136 valence electrons. The Kier molecular flexibility index (Phi) is 4.68.